The summed E-state index contributed by atoms with van der Waals surface area (Å²) in [7, 11) is -9.51. The number of benzene rings is 1. The third-order valence-corrected chi connectivity index (χ3v) is 5.90. The zero-order valence-corrected chi connectivity index (χ0v) is 17.1. The van der Waals surface area contributed by atoms with Crippen LogP contribution in [0.3, 0.4) is 0 Å². The minimum Gasteiger partial charge on any atom is -0.404 e. The van der Waals surface area contributed by atoms with Crippen LogP contribution in [0.15, 0.2) is 24.3 Å². The summed E-state index contributed by atoms with van der Waals surface area (Å²) in [5.41, 5.74) is 1.11. The fourth-order valence-electron chi connectivity index (χ4n) is 1.91. The summed E-state index contributed by atoms with van der Waals surface area (Å²) in [6.07, 6.45) is 1.74. The molecule has 25 heavy (non-hydrogen) atoms. The van der Waals surface area contributed by atoms with Gasteiger partial charge in [0.05, 0.1) is 6.61 Å². The molecule has 7 nitrogen and oxygen atoms in total. The standard InChI is InChI=1S/C16H28O7P2/c1-13-6-8-15(9-7-13)22-25(20,23-24(17,18)19)21-12-14(2)10-11-16(3,4)5/h6-9,14H,10-12H2,1-5H3,(H2,17,18,19). The molecule has 0 amide bonds. The van der Waals surface area contributed by atoms with E-state index in [2.05, 4.69) is 25.1 Å². The van der Waals surface area contributed by atoms with Gasteiger partial charge < -0.3 is 14.3 Å². The van der Waals surface area contributed by atoms with Crippen LogP contribution in [0, 0.1) is 18.3 Å². The Kier molecular flexibility index (Phi) is 7.88. The fourth-order valence-corrected chi connectivity index (χ4v) is 4.14. The molecular weight excluding hydrogens is 366 g/mol. The van der Waals surface area contributed by atoms with Gasteiger partial charge >= 0.3 is 15.6 Å². The van der Waals surface area contributed by atoms with Gasteiger partial charge in [0.1, 0.15) is 5.75 Å². The zero-order chi connectivity index (χ0) is 19.3. The fraction of sp³-hybridized carbons (Fsp3) is 0.625. The number of rotatable bonds is 9. The van der Waals surface area contributed by atoms with Gasteiger partial charge in [-0.2, -0.15) is 4.31 Å². The van der Waals surface area contributed by atoms with Crippen molar-refractivity contribution in [2.24, 2.45) is 11.3 Å². The second-order valence-corrected chi connectivity index (χ2v) is 10.4. The molecular formula is C16H28O7P2. The van der Waals surface area contributed by atoms with Gasteiger partial charge in [0, 0.05) is 0 Å². The van der Waals surface area contributed by atoms with Gasteiger partial charge in [0.2, 0.25) is 0 Å². The van der Waals surface area contributed by atoms with Crippen molar-refractivity contribution in [1.29, 1.82) is 0 Å². The Morgan fingerprint density at radius 3 is 2.16 bits per heavy atom. The topological polar surface area (TPSA) is 102 Å². The summed E-state index contributed by atoms with van der Waals surface area (Å²) in [6.45, 7) is 10.1. The highest BCUT2D eigenvalue weighted by Gasteiger charge is 2.38. The van der Waals surface area contributed by atoms with E-state index < -0.39 is 15.6 Å². The molecule has 0 fully saturated rings. The van der Waals surface area contributed by atoms with Crippen LogP contribution < -0.4 is 4.52 Å². The minimum atomic E-state index is -5.05. The number of hydrogen-bond donors (Lipinski definition) is 2. The Balaban J connectivity index is 2.76. The lowest BCUT2D eigenvalue weighted by Crippen LogP contribution is -2.12. The van der Waals surface area contributed by atoms with Crippen molar-refractivity contribution in [2.75, 3.05) is 6.61 Å². The molecule has 0 aliphatic heterocycles. The van der Waals surface area contributed by atoms with E-state index >= 15 is 0 Å². The summed E-state index contributed by atoms with van der Waals surface area (Å²) < 4.78 is 38.4. The minimum absolute atomic E-state index is 0.000775. The van der Waals surface area contributed by atoms with Crippen LogP contribution >= 0.6 is 15.6 Å². The van der Waals surface area contributed by atoms with Crippen molar-refractivity contribution in [3.05, 3.63) is 29.8 Å². The predicted octanol–water partition coefficient (Wildman–Crippen LogP) is 5.07. The lowest BCUT2D eigenvalue weighted by atomic mass is 9.87. The summed E-state index contributed by atoms with van der Waals surface area (Å²) in [5.74, 6) is 0.166. The van der Waals surface area contributed by atoms with Gasteiger partial charge in [-0.05, 0) is 43.2 Å². The first-order valence-electron chi connectivity index (χ1n) is 8.06. The van der Waals surface area contributed by atoms with Gasteiger partial charge in [0.25, 0.3) is 0 Å². The molecule has 1 aromatic rings. The van der Waals surface area contributed by atoms with Gasteiger partial charge in [-0.3, -0.25) is 4.52 Å². The Morgan fingerprint density at radius 2 is 1.68 bits per heavy atom. The van der Waals surface area contributed by atoms with Crippen molar-refractivity contribution < 1.29 is 32.3 Å². The summed E-state index contributed by atoms with van der Waals surface area (Å²) >= 11 is 0. The first kappa shape index (κ1) is 22.4. The number of phosphoric ester groups is 1. The molecule has 2 N–H and O–H groups in total. The van der Waals surface area contributed by atoms with Crippen molar-refractivity contribution in [1.82, 2.24) is 0 Å². The molecule has 0 spiro atoms. The first-order valence-corrected chi connectivity index (χ1v) is 11.0. The van der Waals surface area contributed by atoms with Crippen LogP contribution in [0.4, 0.5) is 0 Å². The molecule has 0 bridgehead atoms. The smallest absolute Gasteiger partial charge is 0.404 e. The monoisotopic (exact) mass is 394 g/mol. The molecule has 0 saturated carbocycles. The van der Waals surface area contributed by atoms with Crippen LogP contribution in [0.1, 0.15) is 46.1 Å². The van der Waals surface area contributed by atoms with Crippen LogP contribution in [-0.4, -0.2) is 16.4 Å². The van der Waals surface area contributed by atoms with Crippen molar-refractivity contribution >= 4 is 15.6 Å². The van der Waals surface area contributed by atoms with E-state index in [4.69, 9.17) is 18.8 Å². The highest BCUT2D eigenvalue weighted by atomic mass is 31.3. The molecule has 0 radical (unpaired) electrons. The Hall–Kier alpha value is -0.680. The maximum Gasteiger partial charge on any atom is 0.539 e. The molecule has 2 atom stereocenters. The molecule has 144 valence electrons. The highest BCUT2D eigenvalue weighted by Crippen LogP contribution is 2.61. The normalized spacial score (nSPS) is 16.3. The van der Waals surface area contributed by atoms with Crippen molar-refractivity contribution in [2.45, 2.75) is 47.5 Å². The summed E-state index contributed by atoms with van der Waals surface area (Å²) in [5, 5.41) is 0. The van der Waals surface area contributed by atoms with Crippen LogP contribution in [-0.2, 0) is 18.0 Å². The molecule has 0 saturated heterocycles. The molecule has 0 heterocycles. The predicted molar refractivity (Wildman–Crippen MR) is 96.3 cm³/mol. The van der Waals surface area contributed by atoms with Crippen LogP contribution in [0.5, 0.6) is 5.75 Å². The number of aryl methyl sites for hydroxylation is 1. The van der Waals surface area contributed by atoms with E-state index in [1.54, 1.807) is 12.1 Å². The second-order valence-electron chi connectivity index (χ2n) is 7.42. The molecule has 1 rings (SSSR count). The lowest BCUT2D eigenvalue weighted by molar-refractivity contribution is 0.158. The number of hydrogen-bond acceptors (Lipinski definition) is 5. The average molecular weight is 394 g/mol. The molecule has 0 aromatic heterocycles. The SMILES string of the molecule is Cc1ccc(OP(=O)(OCC(C)CCC(C)(C)C)OP(=O)(O)O)cc1. The van der Waals surface area contributed by atoms with E-state index in [0.29, 0.717) is 0 Å². The van der Waals surface area contributed by atoms with E-state index in [0.717, 1.165) is 18.4 Å². The highest BCUT2D eigenvalue weighted by molar-refractivity contribution is 7.61. The third-order valence-electron chi connectivity index (χ3n) is 3.35. The zero-order valence-electron chi connectivity index (χ0n) is 15.3. The largest absolute Gasteiger partial charge is 0.539 e. The van der Waals surface area contributed by atoms with Gasteiger partial charge in [0.15, 0.2) is 0 Å². The Morgan fingerprint density at radius 1 is 1.12 bits per heavy atom. The molecule has 0 aliphatic rings. The molecule has 2 unspecified atom stereocenters. The third kappa shape index (κ3) is 10.1. The van der Waals surface area contributed by atoms with Crippen LogP contribution in [0.2, 0.25) is 0 Å². The Bertz CT molecular complexity index is 631. The van der Waals surface area contributed by atoms with E-state index in [9.17, 15) is 9.13 Å². The van der Waals surface area contributed by atoms with Crippen molar-refractivity contribution in [3.8, 4) is 5.75 Å². The number of phosphoric acid groups is 2. The second kappa shape index (κ2) is 8.81. The Labute approximate surface area is 149 Å². The molecule has 1 aromatic carbocycles. The maximum absolute atomic E-state index is 12.6. The quantitative estimate of drug-likeness (QED) is 0.564. The van der Waals surface area contributed by atoms with E-state index in [1.165, 1.54) is 12.1 Å². The molecule has 0 aliphatic carbocycles. The molecule has 9 heteroatoms. The van der Waals surface area contributed by atoms with Gasteiger partial charge in [-0.25, -0.2) is 9.13 Å². The van der Waals surface area contributed by atoms with E-state index in [-0.39, 0.29) is 23.7 Å². The van der Waals surface area contributed by atoms with Crippen LogP contribution in [0.25, 0.3) is 0 Å². The maximum atomic E-state index is 12.6. The lowest BCUT2D eigenvalue weighted by Gasteiger charge is -2.23. The van der Waals surface area contributed by atoms with Gasteiger partial charge in [-0.15, -0.1) is 0 Å². The van der Waals surface area contributed by atoms with Crippen molar-refractivity contribution in [3.63, 3.8) is 0 Å². The summed E-state index contributed by atoms with van der Waals surface area (Å²) in [4.78, 5) is 18.0. The van der Waals surface area contributed by atoms with Gasteiger partial charge in [-0.1, -0.05) is 45.4 Å². The summed E-state index contributed by atoms with van der Waals surface area (Å²) in [6, 6.07) is 6.47. The van der Waals surface area contributed by atoms with E-state index in [1.807, 2.05) is 13.8 Å². The average Bonchev–Trinajstić information content (AvgIpc) is 2.43. The first-order chi connectivity index (χ1) is 11.3.